The van der Waals surface area contributed by atoms with Crippen molar-refractivity contribution < 1.29 is 23.9 Å². The molecule has 0 saturated carbocycles. The minimum atomic E-state index is -4.43. The molecule has 0 bridgehead atoms. The summed E-state index contributed by atoms with van der Waals surface area (Å²) in [5.74, 6) is -0.726. The van der Waals surface area contributed by atoms with Crippen molar-refractivity contribution in [3.8, 4) is 0 Å². The number of hydrogen-bond acceptors (Lipinski definition) is 3. The molecule has 0 saturated heterocycles. The van der Waals surface area contributed by atoms with Crippen molar-refractivity contribution in [3.05, 3.63) is 29.8 Å². The molecule has 0 spiro atoms. The molecule has 5 nitrogen and oxygen atoms in total. The van der Waals surface area contributed by atoms with E-state index in [1.54, 1.807) is 6.92 Å². The molecule has 6 heteroatoms. The normalized spacial score (nSPS) is 11.1. The van der Waals surface area contributed by atoms with E-state index in [1.807, 2.05) is 0 Å². The van der Waals surface area contributed by atoms with Gasteiger partial charge >= 0.3 is 13.6 Å². The molecule has 0 atom stereocenters. The summed E-state index contributed by atoms with van der Waals surface area (Å²) in [4.78, 5) is 29.3. The second kappa shape index (κ2) is 4.57. The maximum absolute atomic E-state index is 11.3. The smallest absolute Gasteiger partial charge is 0.357 e. The van der Waals surface area contributed by atoms with Crippen LogP contribution in [0, 0.1) is 0 Å². The maximum atomic E-state index is 11.3. The predicted octanol–water partition coefficient (Wildman–Crippen LogP) is 0.666. The van der Waals surface area contributed by atoms with E-state index < -0.39 is 13.6 Å². The third kappa shape index (κ3) is 2.89. The number of carbonyl (C=O) groups excluding carboxylic acids is 1. The average Bonchev–Trinajstić information content (AvgIpc) is 2.17. The highest BCUT2D eigenvalue weighted by Gasteiger charge is 2.24. The van der Waals surface area contributed by atoms with Crippen LogP contribution in [0.4, 0.5) is 0 Å². The molecule has 0 fully saturated rings. The van der Waals surface area contributed by atoms with Crippen LogP contribution in [0.25, 0.3) is 0 Å². The largest absolute Gasteiger partial charge is 0.462 e. The third-order valence-electron chi connectivity index (χ3n) is 1.71. The van der Waals surface area contributed by atoms with Crippen molar-refractivity contribution in [1.82, 2.24) is 0 Å². The number of rotatable bonds is 3. The molecule has 1 aromatic rings. The van der Waals surface area contributed by atoms with Gasteiger partial charge in [-0.3, -0.25) is 4.57 Å². The molecule has 1 aromatic carbocycles. The van der Waals surface area contributed by atoms with Crippen LogP contribution in [0.15, 0.2) is 24.3 Å². The number of esters is 1. The fourth-order valence-electron chi connectivity index (χ4n) is 1.11. The zero-order valence-corrected chi connectivity index (χ0v) is 8.98. The molecule has 0 aromatic heterocycles. The summed E-state index contributed by atoms with van der Waals surface area (Å²) in [6.07, 6.45) is 0. The van der Waals surface area contributed by atoms with E-state index >= 15 is 0 Å². The zero-order valence-electron chi connectivity index (χ0n) is 8.08. The molecule has 2 N–H and O–H groups in total. The lowest BCUT2D eigenvalue weighted by Crippen LogP contribution is -2.17. The fraction of sp³-hybridized carbons (Fsp3) is 0.222. The molecular weight excluding hydrogens is 219 g/mol. The highest BCUT2D eigenvalue weighted by molar-refractivity contribution is 7.60. The maximum Gasteiger partial charge on any atom is 0.357 e. The molecule has 0 radical (unpaired) electrons. The molecular formula is C9H11O5P. The average molecular weight is 230 g/mol. The summed E-state index contributed by atoms with van der Waals surface area (Å²) in [5, 5.41) is -0.302. The standard InChI is InChI=1S/C9H11O5P/c1-2-14-9(10)7-5-3-4-6-8(7)15(11,12)13/h3-6H,2H2,1H3,(H2,11,12,13). The molecule has 0 unspecified atom stereocenters. The number of hydrogen-bond donors (Lipinski definition) is 2. The highest BCUT2D eigenvalue weighted by Crippen LogP contribution is 2.34. The van der Waals surface area contributed by atoms with Gasteiger partial charge in [0.2, 0.25) is 0 Å². The molecule has 82 valence electrons. The fourth-order valence-corrected chi connectivity index (χ4v) is 1.87. The van der Waals surface area contributed by atoms with Gasteiger partial charge < -0.3 is 14.5 Å². The van der Waals surface area contributed by atoms with E-state index in [9.17, 15) is 9.36 Å². The van der Waals surface area contributed by atoms with Gasteiger partial charge in [0.15, 0.2) is 0 Å². The Bertz CT molecular complexity index is 409. The number of benzene rings is 1. The first-order valence-electron chi connectivity index (χ1n) is 4.29. The summed E-state index contributed by atoms with van der Waals surface area (Å²) in [6, 6.07) is 5.52. The first kappa shape index (κ1) is 11.9. The van der Waals surface area contributed by atoms with Gasteiger partial charge in [-0.05, 0) is 19.1 Å². The summed E-state index contributed by atoms with van der Waals surface area (Å²) >= 11 is 0. The highest BCUT2D eigenvalue weighted by atomic mass is 31.2. The van der Waals surface area contributed by atoms with E-state index in [0.717, 1.165) is 0 Å². The van der Waals surface area contributed by atoms with E-state index in [2.05, 4.69) is 4.74 Å². The molecule has 0 aliphatic rings. The van der Waals surface area contributed by atoms with Crippen molar-refractivity contribution >= 4 is 18.9 Å². The van der Waals surface area contributed by atoms with Crippen LogP contribution in [-0.4, -0.2) is 22.4 Å². The predicted molar refractivity (Wildman–Crippen MR) is 54.1 cm³/mol. The Balaban J connectivity index is 3.18. The monoisotopic (exact) mass is 230 g/mol. The van der Waals surface area contributed by atoms with E-state index in [4.69, 9.17) is 9.79 Å². The Labute approximate surface area is 86.9 Å². The summed E-state index contributed by atoms with van der Waals surface area (Å²) in [5.41, 5.74) is -0.0901. The Hall–Kier alpha value is -1.16. The summed E-state index contributed by atoms with van der Waals surface area (Å²) in [6.45, 7) is 1.78. The van der Waals surface area contributed by atoms with Gasteiger partial charge in [-0.25, -0.2) is 4.79 Å². The molecule has 0 amide bonds. The Kier molecular flexibility index (Phi) is 3.63. The minimum Gasteiger partial charge on any atom is -0.462 e. The Morgan fingerprint density at radius 3 is 2.53 bits per heavy atom. The first-order chi connectivity index (χ1) is 6.96. The van der Waals surface area contributed by atoms with Gasteiger partial charge in [0.1, 0.15) is 0 Å². The van der Waals surface area contributed by atoms with Crippen LogP contribution in [0.5, 0.6) is 0 Å². The van der Waals surface area contributed by atoms with Crippen molar-refractivity contribution in [2.45, 2.75) is 6.92 Å². The zero-order chi connectivity index (χ0) is 11.5. The van der Waals surface area contributed by atoms with Crippen LogP contribution < -0.4 is 5.30 Å². The molecule has 1 rings (SSSR count). The molecule has 0 aliphatic carbocycles. The van der Waals surface area contributed by atoms with E-state index in [-0.39, 0.29) is 17.5 Å². The molecule has 15 heavy (non-hydrogen) atoms. The van der Waals surface area contributed by atoms with Crippen LogP contribution in [0.3, 0.4) is 0 Å². The van der Waals surface area contributed by atoms with Gasteiger partial charge in [-0.1, -0.05) is 12.1 Å². The second-order valence-corrected chi connectivity index (χ2v) is 4.35. The molecule has 0 heterocycles. The van der Waals surface area contributed by atoms with Crippen LogP contribution in [-0.2, 0) is 9.30 Å². The van der Waals surface area contributed by atoms with Gasteiger partial charge in [0.05, 0.1) is 17.5 Å². The number of ether oxygens (including phenoxy) is 1. The number of carbonyl (C=O) groups is 1. The van der Waals surface area contributed by atoms with Gasteiger partial charge in [-0.15, -0.1) is 0 Å². The summed E-state index contributed by atoms with van der Waals surface area (Å²) in [7, 11) is -4.43. The third-order valence-corrected chi connectivity index (χ3v) is 2.73. The van der Waals surface area contributed by atoms with E-state index in [1.165, 1.54) is 24.3 Å². The van der Waals surface area contributed by atoms with Crippen LogP contribution in [0.1, 0.15) is 17.3 Å². The summed E-state index contributed by atoms with van der Waals surface area (Å²) < 4.78 is 15.7. The Morgan fingerprint density at radius 1 is 1.40 bits per heavy atom. The SMILES string of the molecule is CCOC(=O)c1ccccc1P(=O)(O)O. The van der Waals surface area contributed by atoms with Gasteiger partial charge in [0.25, 0.3) is 0 Å². The topological polar surface area (TPSA) is 83.8 Å². The van der Waals surface area contributed by atoms with Crippen molar-refractivity contribution in [2.75, 3.05) is 6.61 Å². The van der Waals surface area contributed by atoms with Crippen LogP contribution >= 0.6 is 7.60 Å². The first-order valence-corrected chi connectivity index (χ1v) is 5.90. The lowest BCUT2D eigenvalue weighted by molar-refractivity contribution is 0.0527. The van der Waals surface area contributed by atoms with Crippen molar-refractivity contribution in [3.63, 3.8) is 0 Å². The lowest BCUT2D eigenvalue weighted by Gasteiger charge is -2.09. The van der Waals surface area contributed by atoms with Crippen molar-refractivity contribution in [2.24, 2.45) is 0 Å². The van der Waals surface area contributed by atoms with Gasteiger partial charge in [0, 0.05) is 0 Å². The molecule has 0 aliphatic heterocycles. The van der Waals surface area contributed by atoms with Gasteiger partial charge in [-0.2, -0.15) is 0 Å². The second-order valence-electron chi connectivity index (χ2n) is 2.78. The minimum absolute atomic E-state index is 0.0901. The van der Waals surface area contributed by atoms with Crippen LogP contribution in [0.2, 0.25) is 0 Å². The van der Waals surface area contributed by atoms with E-state index in [0.29, 0.717) is 0 Å². The lowest BCUT2D eigenvalue weighted by atomic mass is 10.2. The quantitative estimate of drug-likeness (QED) is 0.588. The van der Waals surface area contributed by atoms with Crippen molar-refractivity contribution in [1.29, 1.82) is 0 Å². The Morgan fingerprint density at radius 2 is 2.00 bits per heavy atom.